The molecule has 212 valence electrons. The topological polar surface area (TPSA) is 101 Å². The third-order valence-electron chi connectivity index (χ3n) is 5.94. The Labute approximate surface area is 228 Å². The van der Waals surface area contributed by atoms with E-state index in [4.69, 9.17) is 4.74 Å². The normalized spacial score (nSPS) is 14.2. The van der Waals surface area contributed by atoms with Crippen LogP contribution in [0.15, 0.2) is 48.9 Å². The van der Waals surface area contributed by atoms with Gasteiger partial charge in [-0.2, -0.15) is 13.2 Å². The van der Waals surface area contributed by atoms with E-state index in [2.05, 4.69) is 20.3 Å². The number of carbonyl (C=O) groups excluding carboxylic acids is 2. The molecule has 0 bridgehead atoms. The number of carbonyl (C=O) groups is 2. The maximum absolute atomic E-state index is 14.7. The highest BCUT2D eigenvalue weighted by atomic mass is 19.4. The number of anilines is 1. The molecule has 0 radical (unpaired) electrons. The van der Waals surface area contributed by atoms with Crippen molar-refractivity contribution < 1.29 is 31.9 Å². The van der Waals surface area contributed by atoms with Crippen LogP contribution in [0, 0.1) is 5.82 Å². The third-order valence-corrected chi connectivity index (χ3v) is 5.94. The summed E-state index contributed by atoms with van der Waals surface area (Å²) in [5, 5.41) is 2.65. The summed E-state index contributed by atoms with van der Waals surface area (Å²) in [5.41, 5.74) is -1.41. The number of halogens is 4. The molecule has 0 unspecified atom stereocenters. The Morgan fingerprint density at radius 2 is 1.70 bits per heavy atom. The van der Waals surface area contributed by atoms with E-state index in [0.717, 1.165) is 18.3 Å². The highest BCUT2D eigenvalue weighted by molar-refractivity contribution is 5.94. The lowest BCUT2D eigenvalue weighted by atomic mass is 10.1. The summed E-state index contributed by atoms with van der Waals surface area (Å²) >= 11 is 0. The summed E-state index contributed by atoms with van der Waals surface area (Å²) in [5.74, 6) is -0.613. The Hall–Kier alpha value is -4.29. The van der Waals surface area contributed by atoms with Crippen molar-refractivity contribution in [3.8, 4) is 11.3 Å². The molecule has 40 heavy (non-hydrogen) atoms. The third kappa shape index (κ3) is 7.21. The zero-order chi connectivity index (χ0) is 29.1. The highest BCUT2D eigenvalue weighted by Crippen LogP contribution is 2.30. The van der Waals surface area contributed by atoms with Crippen molar-refractivity contribution in [2.24, 2.45) is 0 Å². The molecular formula is C27H28F4N6O3. The Balaban J connectivity index is 1.31. The van der Waals surface area contributed by atoms with Gasteiger partial charge >= 0.3 is 12.3 Å². The van der Waals surface area contributed by atoms with Crippen LogP contribution in [0.1, 0.15) is 42.4 Å². The van der Waals surface area contributed by atoms with Gasteiger partial charge in [0.1, 0.15) is 28.6 Å². The van der Waals surface area contributed by atoms with Crippen LogP contribution in [0.4, 0.5) is 28.2 Å². The summed E-state index contributed by atoms with van der Waals surface area (Å²) in [6.45, 7) is 7.47. The van der Waals surface area contributed by atoms with Crippen molar-refractivity contribution in [1.82, 2.24) is 25.2 Å². The maximum Gasteiger partial charge on any atom is 0.433 e. The molecule has 4 rings (SSSR count). The van der Waals surface area contributed by atoms with E-state index in [1.54, 1.807) is 17.0 Å². The van der Waals surface area contributed by atoms with Crippen LogP contribution < -0.4 is 10.2 Å². The second kappa shape index (κ2) is 11.4. The van der Waals surface area contributed by atoms with Gasteiger partial charge in [0.25, 0.3) is 5.91 Å². The van der Waals surface area contributed by atoms with Crippen LogP contribution in [-0.2, 0) is 17.5 Å². The van der Waals surface area contributed by atoms with Crippen LogP contribution in [0.3, 0.4) is 0 Å². The number of hydrogen-bond acceptors (Lipinski definition) is 7. The first-order valence-electron chi connectivity index (χ1n) is 12.5. The lowest BCUT2D eigenvalue weighted by Gasteiger charge is -2.36. The predicted molar refractivity (Wildman–Crippen MR) is 138 cm³/mol. The minimum atomic E-state index is -4.67. The van der Waals surface area contributed by atoms with Gasteiger partial charge < -0.3 is 19.9 Å². The minimum absolute atomic E-state index is 0.0540. The van der Waals surface area contributed by atoms with Crippen molar-refractivity contribution in [2.75, 3.05) is 31.1 Å². The molecule has 1 fully saturated rings. The number of alkyl halides is 3. The minimum Gasteiger partial charge on any atom is -0.444 e. The van der Waals surface area contributed by atoms with Crippen LogP contribution in [0.2, 0.25) is 0 Å². The summed E-state index contributed by atoms with van der Waals surface area (Å²) < 4.78 is 58.8. The Morgan fingerprint density at radius 3 is 2.30 bits per heavy atom. The van der Waals surface area contributed by atoms with E-state index in [-0.39, 0.29) is 29.5 Å². The van der Waals surface area contributed by atoms with Gasteiger partial charge in [-0.15, -0.1) is 0 Å². The van der Waals surface area contributed by atoms with E-state index >= 15 is 0 Å². The monoisotopic (exact) mass is 560 g/mol. The lowest BCUT2D eigenvalue weighted by molar-refractivity contribution is -0.141. The molecule has 1 saturated heterocycles. The fourth-order valence-corrected chi connectivity index (χ4v) is 3.96. The van der Waals surface area contributed by atoms with Crippen LogP contribution in [-0.4, -0.2) is 63.6 Å². The average Bonchev–Trinajstić information content (AvgIpc) is 2.90. The van der Waals surface area contributed by atoms with E-state index in [9.17, 15) is 27.2 Å². The molecule has 1 aliphatic rings. The van der Waals surface area contributed by atoms with E-state index in [0.29, 0.717) is 37.6 Å². The van der Waals surface area contributed by atoms with E-state index in [1.807, 2.05) is 25.7 Å². The molecule has 0 spiro atoms. The van der Waals surface area contributed by atoms with Crippen molar-refractivity contribution in [3.63, 3.8) is 0 Å². The van der Waals surface area contributed by atoms with Gasteiger partial charge in [0.2, 0.25) is 0 Å². The first kappa shape index (κ1) is 28.7. The first-order valence-corrected chi connectivity index (χ1v) is 12.5. The standard InChI is InChI=1S/C27H28F4N6O3/c1-26(2,3)40-25(39)37-10-8-36(9-11-37)22-5-4-19(16-33-22)24(38)35-15-17-12-20(28)23(34-14-17)18-6-7-32-21(13-18)27(29,30)31/h4-7,12-14,16H,8-11,15H2,1-3H3,(H,35,38). The molecule has 9 nitrogen and oxygen atoms in total. The fourth-order valence-electron chi connectivity index (χ4n) is 3.96. The molecule has 0 aliphatic carbocycles. The van der Waals surface area contributed by atoms with Gasteiger partial charge in [-0.25, -0.2) is 14.2 Å². The van der Waals surface area contributed by atoms with Crippen molar-refractivity contribution in [1.29, 1.82) is 0 Å². The molecule has 0 saturated carbocycles. The lowest BCUT2D eigenvalue weighted by Crippen LogP contribution is -2.50. The molecule has 0 aromatic carbocycles. The predicted octanol–water partition coefficient (Wildman–Crippen LogP) is 4.68. The zero-order valence-electron chi connectivity index (χ0n) is 22.1. The largest absolute Gasteiger partial charge is 0.444 e. The quantitative estimate of drug-likeness (QED) is 0.452. The van der Waals surface area contributed by atoms with Crippen LogP contribution in [0.5, 0.6) is 0 Å². The summed E-state index contributed by atoms with van der Waals surface area (Å²) in [6, 6.07) is 6.39. The second-order valence-electron chi connectivity index (χ2n) is 10.1. The van der Waals surface area contributed by atoms with Gasteiger partial charge in [0.15, 0.2) is 0 Å². The van der Waals surface area contributed by atoms with Crippen molar-refractivity contribution >= 4 is 17.8 Å². The van der Waals surface area contributed by atoms with Crippen molar-refractivity contribution in [3.05, 3.63) is 71.6 Å². The molecule has 0 atom stereocenters. The molecule has 1 aliphatic heterocycles. The molecule has 3 aromatic heterocycles. The van der Waals surface area contributed by atoms with E-state index < -0.39 is 29.2 Å². The van der Waals surface area contributed by atoms with Gasteiger partial charge in [-0.1, -0.05) is 0 Å². The van der Waals surface area contributed by atoms with Gasteiger partial charge in [0.05, 0.1) is 5.56 Å². The number of amides is 2. The first-order chi connectivity index (χ1) is 18.8. The Bertz CT molecular complexity index is 1370. The van der Waals surface area contributed by atoms with Crippen LogP contribution >= 0.6 is 0 Å². The summed E-state index contributed by atoms with van der Waals surface area (Å²) in [7, 11) is 0. The van der Waals surface area contributed by atoms with E-state index in [1.165, 1.54) is 18.5 Å². The summed E-state index contributed by atoms with van der Waals surface area (Å²) in [4.78, 5) is 40.1. The van der Waals surface area contributed by atoms with Crippen LogP contribution in [0.25, 0.3) is 11.3 Å². The number of piperazine rings is 1. The van der Waals surface area contributed by atoms with Gasteiger partial charge in [-0.05, 0) is 56.7 Å². The molecule has 2 amide bonds. The number of nitrogens with one attached hydrogen (secondary N) is 1. The van der Waals surface area contributed by atoms with Crippen molar-refractivity contribution in [2.45, 2.75) is 39.1 Å². The second-order valence-corrected chi connectivity index (χ2v) is 10.1. The smallest absolute Gasteiger partial charge is 0.433 e. The fraction of sp³-hybridized carbons (Fsp3) is 0.370. The maximum atomic E-state index is 14.7. The number of rotatable bonds is 5. The molecule has 3 aromatic rings. The summed E-state index contributed by atoms with van der Waals surface area (Å²) in [6.07, 6.45) is -1.37. The highest BCUT2D eigenvalue weighted by Gasteiger charge is 2.33. The molecule has 4 heterocycles. The Morgan fingerprint density at radius 1 is 0.975 bits per heavy atom. The molecule has 13 heteroatoms. The SMILES string of the molecule is CC(C)(C)OC(=O)N1CCN(c2ccc(C(=O)NCc3cnc(-c4ccnc(C(F)(F)F)c4)c(F)c3)cn2)CC1. The number of nitrogens with zero attached hydrogens (tertiary/aromatic N) is 5. The molecule has 1 N–H and O–H groups in total. The molecular weight excluding hydrogens is 532 g/mol. The van der Waals surface area contributed by atoms with Gasteiger partial charge in [0, 0.05) is 56.9 Å². The Kier molecular flexibility index (Phi) is 8.21. The number of pyridine rings is 3. The number of aromatic nitrogens is 3. The number of hydrogen-bond donors (Lipinski definition) is 1. The van der Waals surface area contributed by atoms with Gasteiger partial charge in [-0.3, -0.25) is 14.8 Å². The number of ether oxygens (including phenoxy) is 1. The average molecular weight is 561 g/mol. The zero-order valence-corrected chi connectivity index (χ0v) is 22.1.